The van der Waals surface area contributed by atoms with Crippen LogP contribution in [-0.4, -0.2) is 64.1 Å². The highest BCUT2D eigenvalue weighted by Crippen LogP contribution is 2.56. The van der Waals surface area contributed by atoms with E-state index in [2.05, 4.69) is 39.9 Å². The molecule has 70 heavy (non-hydrogen) atoms. The van der Waals surface area contributed by atoms with Crippen LogP contribution in [0.4, 0.5) is 61.5 Å². The summed E-state index contributed by atoms with van der Waals surface area (Å²) in [6.07, 6.45) is -3.29. The molecule has 0 saturated heterocycles. The Morgan fingerprint density at radius 2 is 0.557 bits per heavy atom. The SMILES string of the molecule is FC(F)(F)C(F)(F)C(F)(F)c1nc2c(-c3cccnc3)cc3c4cc(-c5cccnc5)c5nc(C(F)(F)C(F)(F)C(F)(F)F)nc6c(-c7cccnc7)cc(c7cc(-c8cccnc8)c(n1)c2c37)c4c56. The first-order valence-corrected chi connectivity index (χ1v) is 20.3. The quantitative estimate of drug-likeness (QED) is 0.0843. The molecular weight excluding hydrogens is 955 g/mol. The molecule has 11 aromatic rings. The maximum absolute atomic E-state index is 16.0. The highest BCUT2D eigenvalue weighted by molar-refractivity contribution is 6.42. The number of halogens is 14. The summed E-state index contributed by atoms with van der Waals surface area (Å²) in [4.78, 5) is 31.7. The van der Waals surface area contributed by atoms with Crippen molar-refractivity contribution < 1.29 is 61.5 Å². The van der Waals surface area contributed by atoms with Gasteiger partial charge in [0.25, 0.3) is 0 Å². The molecule has 0 radical (unpaired) electrons. The van der Waals surface area contributed by atoms with E-state index in [1.54, 1.807) is 0 Å². The van der Waals surface area contributed by atoms with Crippen molar-refractivity contribution in [2.24, 2.45) is 0 Å². The molecule has 8 nitrogen and oxygen atoms in total. The van der Waals surface area contributed by atoms with Crippen molar-refractivity contribution in [1.82, 2.24) is 39.9 Å². The Kier molecular flexibility index (Phi) is 9.36. The third-order valence-electron chi connectivity index (χ3n) is 12.1. The summed E-state index contributed by atoms with van der Waals surface area (Å²) in [6.45, 7) is 0. The summed E-state index contributed by atoms with van der Waals surface area (Å²) in [7, 11) is 0. The van der Waals surface area contributed by atoms with Crippen molar-refractivity contribution in [3.63, 3.8) is 0 Å². The van der Waals surface area contributed by atoms with Gasteiger partial charge in [0.1, 0.15) is 0 Å². The van der Waals surface area contributed by atoms with E-state index in [4.69, 9.17) is 0 Å². The molecule has 6 aromatic heterocycles. The normalized spacial score (nSPS) is 13.6. The second kappa shape index (κ2) is 14.7. The van der Waals surface area contributed by atoms with Crippen LogP contribution in [0.3, 0.4) is 0 Å². The van der Waals surface area contributed by atoms with Crippen molar-refractivity contribution >= 4 is 65.2 Å². The van der Waals surface area contributed by atoms with Gasteiger partial charge >= 0.3 is 36.0 Å². The highest BCUT2D eigenvalue weighted by atomic mass is 19.4. The lowest BCUT2D eigenvalue weighted by Gasteiger charge is -2.28. The summed E-state index contributed by atoms with van der Waals surface area (Å²) in [5.41, 5.74) is -2.35. The molecule has 0 unspecified atom stereocenters. The minimum Gasteiger partial charge on any atom is -0.264 e. The molecular formula is C48H20F14N8. The number of pyridine rings is 4. The van der Waals surface area contributed by atoms with Crippen LogP contribution in [-0.2, 0) is 11.8 Å². The zero-order valence-electron chi connectivity index (χ0n) is 34.4. The molecule has 0 fully saturated rings. The Bertz CT molecular complexity index is 3400. The first-order valence-electron chi connectivity index (χ1n) is 20.3. The lowest BCUT2D eigenvalue weighted by molar-refractivity contribution is -0.361. The Morgan fingerprint density at radius 3 is 0.757 bits per heavy atom. The fourth-order valence-corrected chi connectivity index (χ4v) is 8.88. The maximum Gasteiger partial charge on any atom is 0.460 e. The molecule has 0 aliphatic rings. The maximum atomic E-state index is 16.0. The molecule has 350 valence electrons. The summed E-state index contributed by atoms with van der Waals surface area (Å²) < 4.78 is 207. The van der Waals surface area contributed by atoms with Crippen LogP contribution >= 0.6 is 0 Å². The zero-order valence-corrected chi connectivity index (χ0v) is 34.4. The number of alkyl halides is 14. The van der Waals surface area contributed by atoms with Gasteiger partial charge in [0.15, 0.2) is 0 Å². The molecule has 0 atom stereocenters. The van der Waals surface area contributed by atoms with E-state index in [0.29, 0.717) is 0 Å². The molecule has 11 rings (SSSR count). The minimum atomic E-state index is -6.77. The van der Waals surface area contributed by atoms with E-state index in [1.165, 1.54) is 122 Å². The van der Waals surface area contributed by atoms with Crippen LogP contribution in [0.15, 0.2) is 122 Å². The molecule has 5 aromatic carbocycles. The lowest BCUT2D eigenvalue weighted by atomic mass is 9.82. The fourth-order valence-electron chi connectivity index (χ4n) is 8.88. The van der Waals surface area contributed by atoms with Crippen molar-refractivity contribution in [3.8, 4) is 44.5 Å². The van der Waals surface area contributed by atoms with Crippen molar-refractivity contribution in [2.45, 2.75) is 36.0 Å². The van der Waals surface area contributed by atoms with Gasteiger partial charge in [-0.15, -0.1) is 0 Å². The number of aromatic nitrogens is 8. The van der Waals surface area contributed by atoms with Crippen LogP contribution in [0.1, 0.15) is 11.6 Å². The minimum absolute atomic E-state index is 0.0859. The zero-order chi connectivity index (χ0) is 49.5. The van der Waals surface area contributed by atoms with Gasteiger partial charge in [-0.1, -0.05) is 24.3 Å². The van der Waals surface area contributed by atoms with Crippen LogP contribution < -0.4 is 0 Å². The van der Waals surface area contributed by atoms with E-state index in [0.717, 1.165) is 0 Å². The Balaban J connectivity index is 1.42. The second-order valence-corrected chi connectivity index (χ2v) is 16.1. The molecule has 0 N–H and O–H groups in total. The van der Waals surface area contributed by atoms with Gasteiger partial charge in [-0.05, 0) is 70.1 Å². The first kappa shape index (κ1) is 44.5. The Morgan fingerprint density at radius 1 is 0.314 bits per heavy atom. The lowest BCUT2D eigenvalue weighted by Crippen LogP contribution is -2.50. The van der Waals surface area contributed by atoms with E-state index >= 15 is 17.6 Å². The topological polar surface area (TPSA) is 103 Å². The number of rotatable bonds is 8. The number of benzene rings is 5. The van der Waals surface area contributed by atoms with Gasteiger partial charge in [-0.25, -0.2) is 19.9 Å². The molecule has 0 bridgehead atoms. The first-order chi connectivity index (χ1) is 33.0. The van der Waals surface area contributed by atoms with Crippen LogP contribution in [0.25, 0.3) is 110 Å². The van der Waals surface area contributed by atoms with Gasteiger partial charge in [0.2, 0.25) is 11.6 Å². The Labute approximate surface area is 380 Å². The molecule has 0 spiro atoms. The highest BCUT2D eigenvalue weighted by Gasteiger charge is 2.76. The summed E-state index contributed by atoms with van der Waals surface area (Å²) in [6, 6.07) is 16.8. The molecule has 0 amide bonds. The van der Waals surface area contributed by atoms with Crippen molar-refractivity contribution in [2.75, 3.05) is 0 Å². The van der Waals surface area contributed by atoms with Gasteiger partial charge in [-0.2, -0.15) is 61.5 Å². The summed E-state index contributed by atoms with van der Waals surface area (Å²) in [5.74, 6) is -29.9. The smallest absolute Gasteiger partial charge is 0.264 e. The largest absolute Gasteiger partial charge is 0.460 e. The van der Waals surface area contributed by atoms with Gasteiger partial charge < -0.3 is 0 Å². The third kappa shape index (κ3) is 6.16. The number of fused-ring (bicyclic) bond motifs is 2. The average Bonchev–Trinajstić information content (AvgIpc) is 3.34. The average molecular weight is 975 g/mol. The van der Waals surface area contributed by atoms with Crippen LogP contribution in [0.5, 0.6) is 0 Å². The second-order valence-electron chi connectivity index (χ2n) is 16.1. The molecule has 22 heteroatoms. The summed E-state index contributed by atoms with van der Waals surface area (Å²) >= 11 is 0. The van der Waals surface area contributed by atoms with Crippen molar-refractivity contribution in [1.29, 1.82) is 0 Å². The molecule has 0 aliphatic carbocycles. The third-order valence-corrected chi connectivity index (χ3v) is 12.1. The Hall–Kier alpha value is -8.04. The fraction of sp³-hybridized carbons (Fsp3) is 0.125. The number of hydrogen-bond donors (Lipinski definition) is 0. The van der Waals surface area contributed by atoms with E-state index in [-0.39, 0.29) is 87.6 Å². The van der Waals surface area contributed by atoms with Gasteiger partial charge in [-0.3, -0.25) is 19.9 Å². The van der Waals surface area contributed by atoms with Gasteiger partial charge in [0, 0.05) is 116 Å². The molecule has 6 heterocycles. The summed E-state index contributed by atoms with van der Waals surface area (Å²) in [5, 5.41) is 0.628. The standard InChI is InChI=1S/C48H20F14N8/c49-43(50,45(53,54)47(57,58)59)41-67-37-25(21-5-1-9-63-17-21)13-29-30-14-27(23-7-3-11-65-19-23)39-36-34(30)32(31-15-26(22-6-2-10-64-18-22)38(68-41)35(37)33(29)31)16-28(24-8-4-12-66-20-24)40(36)70-42(69-39)44(51,52)46(55,56)48(60,61)62/h1-20H. The van der Waals surface area contributed by atoms with E-state index in [9.17, 15) is 43.9 Å². The van der Waals surface area contributed by atoms with E-state index < -0.39 is 69.8 Å². The van der Waals surface area contributed by atoms with Gasteiger partial charge in [0.05, 0.1) is 22.1 Å². The predicted octanol–water partition coefficient (Wildman–Crippen LogP) is 13.9. The van der Waals surface area contributed by atoms with Crippen molar-refractivity contribution in [3.05, 3.63) is 134 Å². The predicted molar refractivity (Wildman–Crippen MR) is 228 cm³/mol. The molecule has 0 saturated carbocycles. The number of hydrogen-bond acceptors (Lipinski definition) is 8. The monoisotopic (exact) mass is 974 g/mol. The van der Waals surface area contributed by atoms with Crippen LogP contribution in [0, 0.1) is 0 Å². The van der Waals surface area contributed by atoms with E-state index in [1.807, 2.05) is 0 Å². The molecule has 0 aliphatic heterocycles. The van der Waals surface area contributed by atoms with Crippen LogP contribution in [0.2, 0.25) is 0 Å². The number of nitrogens with zero attached hydrogens (tertiary/aromatic N) is 8.